The molecule has 4 rings (SSSR count). The summed E-state index contributed by atoms with van der Waals surface area (Å²) in [6, 6.07) is 3.89. The molecule has 4 heterocycles. The summed E-state index contributed by atoms with van der Waals surface area (Å²) in [5.41, 5.74) is 2.15. The third-order valence-corrected chi connectivity index (χ3v) is 5.47. The zero-order chi connectivity index (χ0) is 28.1. The molecule has 0 aliphatic carbocycles. The maximum Gasteiger partial charge on any atom is 0.124 e. The summed E-state index contributed by atoms with van der Waals surface area (Å²) in [7, 11) is 0. The van der Waals surface area contributed by atoms with Crippen molar-refractivity contribution in [3.8, 4) is 0 Å². The summed E-state index contributed by atoms with van der Waals surface area (Å²) in [5, 5.41) is 14.5. The molecule has 8 nitrogen and oxygen atoms in total. The highest BCUT2D eigenvalue weighted by Gasteiger charge is 2.09. The van der Waals surface area contributed by atoms with Crippen LogP contribution < -0.4 is 10.6 Å². The molecular formula is C30H60N6O2. The lowest BCUT2D eigenvalue weighted by Crippen LogP contribution is -2.43. The van der Waals surface area contributed by atoms with E-state index in [0.29, 0.717) is 0 Å². The highest BCUT2D eigenvalue weighted by atomic mass is 16.5. The first-order chi connectivity index (χ1) is 18.6. The van der Waals surface area contributed by atoms with Crippen molar-refractivity contribution in [1.82, 2.24) is 30.7 Å². The van der Waals surface area contributed by atoms with Crippen molar-refractivity contribution in [2.24, 2.45) is 0 Å². The second kappa shape index (κ2) is 28.3. The quantitative estimate of drug-likeness (QED) is 0.397. The molecule has 2 aliphatic rings. The Morgan fingerprint density at radius 1 is 0.605 bits per heavy atom. The lowest BCUT2D eigenvalue weighted by atomic mass is 10.2. The Balaban J connectivity index is 0.000000552. The Kier molecular flexibility index (Phi) is 27.0. The van der Waals surface area contributed by atoms with Gasteiger partial charge in [0.25, 0.3) is 0 Å². The van der Waals surface area contributed by atoms with Gasteiger partial charge in [-0.15, -0.1) is 0 Å². The van der Waals surface area contributed by atoms with Crippen LogP contribution in [-0.2, 0) is 12.8 Å². The summed E-state index contributed by atoms with van der Waals surface area (Å²) in [4.78, 5) is 5.02. The summed E-state index contributed by atoms with van der Waals surface area (Å²) in [6.45, 7) is 24.4. The van der Waals surface area contributed by atoms with Crippen molar-refractivity contribution in [3.63, 3.8) is 0 Å². The van der Waals surface area contributed by atoms with Gasteiger partial charge in [-0.2, -0.15) is 0 Å². The van der Waals surface area contributed by atoms with Gasteiger partial charge in [0.1, 0.15) is 12.5 Å². The standard InChI is InChI=1S/C11H19N3O.C10H17N3O.3C3H8/c1(3-11-4-10-15-13-11)2-7-14-8-5-12-6-9-14;1(2-10-3-9-14-12-10)6-13-7-4-11-5-8-13;3*1-3-2/h4,10,12H,1-3,5-9H2;3,9,11H,1-2,4-8H2;3*3H2,1-2H3. The Morgan fingerprint density at radius 2 is 0.974 bits per heavy atom. The fourth-order valence-electron chi connectivity index (χ4n) is 3.73. The second-order valence-electron chi connectivity index (χ2n) is 9.85. The summed E-state index contributed by atoms with van der Waals surface area (Å²) >= 11 is 0. The molecule has 0 bridgehead atoms. The number of nitrogens with zero attached hydrogens (tertiary/aromatic N) is 4. The number of piperazine rings is 2. The molecule has 2 aromatic rings. The molecule has 222 valence electrons. The minimum atomic E-state index is 1.03. The first-order valence-electron chi connectivity index (χ1n) is 15.3. The van der Waals surface area contributed by atoms with Crippen LogP contribution in [0.25, 0.3) is 0 Å². The molecule has 0 aromatic carbocycles. The number of aromatic nitrogens is 2. The third-order valence-electron chi connectivity index (χ3n) is 5.47. The van der Waals surface area contributed by atoms with E-state index in [1.807, 2.05) is 12.1 Å². The average Bonchev–Trinajstić information content (AvgIpc) is 3.65. The van der Waals surface area contributed by atoms with E-state index in [4.69, 9.17) is 9.05 Å². The third kappa shape index (κ3) is 22.3. The predicted molar refractivity (Wildman–Crippen MR) is 161 cm³/mol. The number of aryl methyl sites for hydroxylation is 2. The molecule has 0 saturated carbocycles. The molecule has 2 aromatic heterocycles. The number of rotatable bonds is 9. The number of nitrogens with one attached hydrogen (secondary N) is 2. The van der Waals surface area contributed by atoms with Gasteiger partial charge < -0.3 is 29.5 Å². The molecule has 0 atom stereocenters. The zero-order valence-corrected chi connectivity index (χ0v) is 25.6. The van der Waals surface area contributed by atoms with E-state index in [9.17, 15) is 0 Å². The highest BCUT2D eigenvalue weighted by molar-refractivity contribution is 4.95. The molecular weight excluding hydrogens is 476 g/mol. The van der Waals surface area contributed by atoms with E-state index in [1.54, 1.807) is 12.5 Å². The normalized spacial score (nSPS) is 15.4. The molecule has 2 N–H and O–H groups in total. The van der Waals surface area contributed by atoms with Crippen molar-refractivity contribution in [2.45, 2.75) is 92.9 Å². The van der Waals surface area contributed by atoms with Crippen LogP contribution in [-0.4, -0.2) is 85.6 Å². The molecule has 0 spiro atoms. The molecule has 0 unspecified atom stereocenters. The van der Waals surface area contributed by atoms with Crippen LogP contribution in [0.2, 0.25) is 0 Å². The Bertz CT molecular complexity index is 650. The minimum absolute atomic E-state index is 1.03. The maximum absolute atomic E-state index is 4.79. The van der Waals surface area contributed by atoms with Crippen LogP contribution in [0.3, 0.4) is 0 Å². The number of hydrogen-bond donors (Lipinski definition) is 2. The van der Waals surface area contributed by atoms with Crippen molar-refractivity contribution in [1.29, 1.82) is 0 Å². The van der Waals surface area contributed by atoms with Crippen LogP contribution >= 0.6 is 0 Å². The van der Waals surface area contributed by atoms with Crippen LogP contribution in [0.15, 0.2) is 33.7 Å². The Hall–Kier alpha value is -1.74. The van der Waals surface area contributed by atoms with Crippen LogP contribution in [0, 0.1) is 0 Å². The van der Waals surface area contributed by atoms with Gasteiger partial charge in [-0.3, -0.25) is 0 Å². The summed E-state index contributed by atoms with van der Waals surface area (Å²) in [6.07, 6.45) is 12.7. The largest absolute Gasteiger partial charge is 0.365 e. The van der Waals surface area contributed by atoms with Crippen LogP contribution in [0.4, 0.5) is 0 Å². The van der Waals surface area contributed by atoms with Gasteiger partial charge in [-0.25, -0.2) is 0 Å². The van der Waals surface area contributed by atoms with E-state index in [2.05, 4.69) is 72.3 Å². The van der Waals surface area contributed by atoms with E-state index < -0.39 is 0 Å². The lowest BCUT2D eigenvalue weighted by molar-refractivity contribution is 0.236. The van der Waals surface area contributed by atoms with E-state index in [1.165, 1.54) is 77.8 Å². The first-order valence-corrected chi connectivity index (χ1v) is 15.3. The van der Waals surface area contributed by atoms with Gasteiger partial charge in [0.15, 0.2) is 0 Å². The van der Waals surface area contributed by atoms with Gasteiger partial charge in [0.05, 0.1) is 11.4 Å². The monoisotopic (exact) mass is 536 g/mol. The van der Waals surface area contributed by atoms with Gasteiger partial charge in [0.2, 0.25) is 0 Å². The van der Waals surface area contributed by atoms with Crippen molar-refractivity contribution >= 4 is 0 Å². The van der Waals surface area contributed by atoms with Crippen molar-refractivity contribution in [2.75, 3.05) is 65.4 Å². The molecule has 2 saturated heterocycles. The van der Waals surface area contributed by atoms with Gasteiger partial charge in [-0.1, -0.05) is 71.1 Å². The summed E-state index contributed by atoms with van der Waals surface area (Å²) in [5.74, 6) is 0. The minimum Gasteiger partial charge on any atom is -0.365 e. The Labute approximate surface area is 234 Å². The molecule has 0 radical (unpaired) electrons. The van der Waals surface area contributed by atoms with Gasteiger partial charge in [-0.05, 0) is 45.2 Å². The fourth-order valence-corrected chi connectivity index (χ4v) is 3.73. The molecule has 0 amide bonds. The molecule has 8 heteroatoms. The number of hydrogen-bond acceptors (Lipinski definition) is 8. The number of unbranched alkanes of at least 4 members (excludes halogenated alkanes) is 1. The molecule has 38 heavy (non-hydrogen) atoms. The Morgan fingerprint density at radius 3 is 1.34 bits per heavy atom. The first kappa shape index (κ1) is 36.3. The van der Waals surface area contributed by atoms with Gasteiger partial charge in [0, 0.05) is 64.5 Å². The summed E-state index contributed by atoms with van der Waals surface area (Å²) < 4.78 is 9.58. The predicted octanol–water partition coefficient (Wildman–Crippen LogP) is 5.66. The van der Waals surface area contributed by atoms with E-state index in [-0.39, 0.29) is 0 Å². The topological polar surface area (TPSA) is 82.6 Å². The van der Waals surface area contributed by atoms with Gasteiger partial charge >= 0.3 is 0 Å². The van der Waals surface area contributed by atoms with Crippen molar-refractivity contribution < 1.29 is 9.05 Å². The van der Waals surface area contributed by atoms with Crippen molar-refractivity contribution in [3.05, 3.63) is 36.0 Å². The molecule has 2 aliphatic heterocycles. The zero-order valence-electron chi connectivity index (χ0n) is 25.6. The van der Waals surface area contributed by atoms with E-state index in [0.717, 1.165) is 50.4 Å². The second-order valence-corrected chi connectivity index (χ2v) is 9.85. The SMILES string of the molecule is CCC.CCC.CCC.c1cc(CCCCN2CCNCC2)no1.c1cc(CCCN2CCNCC2)no1. The average molecular weight is 537 g/mol. The van der Waals surface area contributed by atoms with E-state index >= 15 is 0 Å². The van der Waals surface area contributed by atoms with Crippen LogP contribution in [0.1, 0.15) is 91.5 Å². The van der Waals surface area contributed by atoms with Crippen LogP contribution in [0.5, 0.6) is 0 Å². The fraction of sp³-hybridized carbons (Fsp3) is 0.800. The maximum atomic E-state index is 4.79. The molecule has 2 fully saturated rings. The highest BCUT2D eigenvalue weighted by Crippen LogP contribution is 2.04. The smallest absolute Gasteiger partial charge is 0.124 e. The lowest BCUT2D eigenvalue weighted by Gasteiger charge is -2.26.